The molecular formula is C17H11IrN2-. The van der Waals surface area contributed by atoms with Crippen LogP contribution in [0.15, 0.2) is 67.1 Å². The summed E-state index contributed by atoms with van der Waals surface area (Å²) in [7, 11) is 0. The van der Waals surface area contributed by atoms with Gasteiger partial charge in [-0.15, -0.1) is 29.0 Å². The molecule has 0 atom stereocenters. The minimum atomic E-state index is 0. The summed E-state index contributed by atoms with van der Waals surface area (Å²) in [5.74, 6) is 0. The Morgan fingerprint density at radius 2 is 1.80 bits per heavy atom. The SMILES string of the molecule is [Ir].[c-]1cc(-c2ccccc2)cc2ccn3ccnc3c12. The maximum absolute atomic E-state index is 4.38. The number of rotatable bonds is 1. The Morgan fingerprint density at radius 3 is 2.65 bits per heavy atom. The summed E-state index contributed by atoms with van der Waals surface area (Å²) in [6.45, 7) is 0. The Morgan fingerprint density at radius 1 is 0.950 bits per heavy atom. The number of aromatic nitrogens is 2. The minimum absolute atomic E-state index is 0. The zero-order valence-corrected chi connectivity index (χ0v) is 13.0. The molecule has 2 aromatic carbocycles. The molecule has 4 aromatic rings. The molecular weight excluding hydrogens is 424 g/mol. The van der Waals surface area contributed by atoms with E-state index in [1.807, 2.05) is 35.1 Å². The molecule has 4 rings (SSSR count). The molecule has 1 radical (unpaired) electrons. The molecule has 0 amide bonds. The molecule has 0 bridgehead atoms. The fraction of sp³-hybridized carbons (Fsp3) is 0. The minimum Gasteiger partial charge on any atom is -0.347 e. The van der Waals surface area contributed by atoms with Crippen molar-refractivity contribution in [2.24, 2.45) is 0 Å². The summed E-state index contributed by atoms with van der Waals surface area (Å²) in [6.07, 6.45) is 5.80. The van der Waals surface area contributed by atoms with Crippen molar-refractivity contribution in [1.29, 1.82) is 0 Å². The molecule has 0 N–H and O–H groups in total. The van der Waals surface area contributed by atoms with Gasteiger partial charge in [-0.05, 0) is 6.20 Å². The summed E-state index contributed by atoms with van der Waals surface area (Å²) in [4.78, 5) is 4.38. The molecule has 2 heterocycles. The van der Waals surface area contributed by atoms with Crippen LogP contribution in [0, 0.1) is 6.07 Å². The third kappa shape index (κ3) is 2.05. The molecule has 0 saturated carbocycles. The van der Waals surface area contributed by atoms with Gasteiger partial charge in [0.1, 0.15) is 0 Å². The van der Waals surface area contributed by atoms with Crippen LogP contribution in [-0.2, 0) is 20.1 Å². The van der Waals surface area contributed by atoms with Crippen molar-refractivity contribution in [3.63, 3.8) is 0 Å². The quantitative estimate of drug-likeness (QED) is 0.414. The molecule has 3 heteroatoms. The molecule has 0 spiro atoms. The van der Waals surface area contributed by atoms with E-state index in [0.717, 1.165) is 11.0 Å². The Labute approximate surface area is 130 Å². The third-order valence-corrected chi connectivity index (χ3v) is 3.39. The normalized spacial score (nSPS) is 10.6. The zero-order chi connectivity index (χ0) is 12.7. The monoisotopic (exact) mass is 436 g/mol. The second-order valence-corrected chi connectivity index (χ2v) is 4.56. The van der Waals surface area contributed by atoms with Crippen LogP contribution in [-0.4, -0.2) is 9.38 Å². The van der Waals surface area contributed by atoms with E-state index in [0.29, 0.717) is 0 Å². The molecule has 20 heavy (non-hydrogen) atoms. The van der Waals surface area contributed by atoms with E-state index in [1.54, 1.807) is 0 Å². The van der Waals surface area contributed by atoms with Gasteiger partial charge < -0.3 is 4.40 Å². The van der Waals surface area contributed by atoms with E-state index in [1.165, 1.54) is 16.5 Å². The van der Waals surface area contributed by atoms with Crippen LogP contribution < -0.4 is 0 Å². The summed E-state index contributed by atoms with van der Waals surface area (Å²) in [6, 6.07) is 20.1. The third-order valence-electron chi connectivity index (χ3n) is 3.39. The fourth-order valence-corrected chi connectivity index (χ4v) is 2.42. The topological polar surface area (TPSA) is 17.3 Å². The summed E-state index contributed by atoms with van der Waals surface area (Å²) >= 11 is 0. The van der Waals surface area contributed by atoms with Crippen LogP contribution in [0.4, 0.5) is 0 Å². The van der Waals surface area contributed by atoms with Gasteiger partial charge in [0.25, 0.3) is 0 Å². The largest absolute Gasteiger partial charge is 0.347 e. The maximum atomic E-state index is 4.38. The Hall–Kier alpha value is -1.96. The van der Waals surface area contributed by atoms with Gasteiger partial charge >= 0.3 is 0 Å². The van der Waals surface area contributed by atoms with Gasteiger partial charge in [0, 0.05) is 32.5 Å². The second-order valence-electron chi connectivity index (χ2n) is 4.56. The van der Waals surface area contributed by atoms with Gasteiger partial charge in [-0.1, -0.05) is 47.5 Å². The van der Waals surface area contributed by atoms with Gasteiger partial charge in [0.05, 0.1) is 5.65 Å². The van der Waals surface area contributed by atoms with Gasteiger partial charge in [0.2, 0.25) is 0 Å². The molecule has 2 aromatic heterocycles. The fourth-order valence-electron chi connectivity index (χ4n) is 2.42. The van der Waals surface area contributed by atoms with Crippen molar-refractivity contribution in [2.75, 3.05) is 0 Å². The van der Waals surface area contributed by atoms with E-state index in [4.69, 9.17) is 0 Å². The van der Waals surface area contributed by atoms with Crippen molar-refractivity contribution >= 4 is 16.4 Å². The number of imidazole rings is 1. The molecule has 0 aliphatic rings. The van der Waals surface area contributed by atoms with Crippen molar-refractivity contribution in [3.05, 3.63) is 73.2 Å². The van der Waals surface area contributed by atoms with Crippen LogP contribution in [0.2, 0.25) is 0 Å². The van der Waals surface area contributed by atoms with Gasteiger partial charge in [-0.25, -0.2) is 0 Å². The number of hydrogen-bond donors (Lipinski definition) is 0. The van der Waals surface area contributed by atoms with Crippen LogP contribution >= 0.6 is 0 Å². The van der Waals surface area contributed by atoms with E-state index < -0.39 is 0 Å². The van der Waals surface area contributed by atoms with Gasteiger partial charge in [-0.3, -0.25) is 4.98 Å². The number of hydrogen-bond acceptors (Lipinski definition) is 1. The number of benzene rings is 2. The number of fused-ring (bicyclic) bond motifs is 3. The van der Waals surface area contributed by atoms with E-state index in [9.17, 15) is 0 Å². The van der Waals surface area contributed by atoms with Crippen LogP contribution in [0.1, 0.15) is 0 Å². The Bertz CT molecular complexity index is 866. The molecule has 0 unspecified atom stereocenters. The van der Waals surface area contributed by atoms with Crippen molar-refractivity contribution < 1.29 is 20.1 Å². The van der Waals surface area contributed by atoms with Crippen molar-refractivity contribution in [1.82, 2.24) is 9.38 Å². The molecule has 0 saturated heterocycles. The number of nitrogens with zero attached hydrogens (tertiary/aromatic N) is 2. The first-order valence-corrected chi connectivity index (χ1v) is 6.24. The summed E-state index contributed by atoms with van der Waals surface area (Å²) in [5.41, 5.74) is 3.35. The average molecular weight is 436 g/mol. The predicted octanol–water partition coefficient (Wildman–Crippen LogP) is 3.95. The Kier molecular flexibility index (Phi) is 3.39. The van der Waals surface area contributed by atoms with E-state index in [2.05, 4.69) is 47.4 Å². The average Bonchev–Trinajstić information content (AvgIpc) is 2.96. The van der Waals surface area contributed by atoms with Crippen molar-refractivity contribution in [3.8, 4) is 11.1 Å². The second kappa shape index (κ2) is 5.20. The number of pyridine rings is 1. The first kappa shape index (κ1) is 13.0. The maximum Gasteiger partial charge on any atom is 0.0603 e. The smallest absolute Gasteiger partial charge is 0.0603 e. The summed E-state index contributed by atoms with van der Waals surface area (Å²) in [5, 5.41) is 2.23. The Balaban J connectivity index is 0.00000121. The molecule has 2 nitrogen and oxygen atoms in total. The molecule has 0 aliphatic heterocycles. The standard InChI is InChI=1S/C17H11N2.Ir/c1-2-4-13(5-3-1)14-6-7-16-15(12-14)8-10-19-11-9-18-17(16)19;/h1-6,8-12H;/q-1;. The molecule has 99 valence electrons. The summed E-state index contributed by atoms with van der Waals surface area (Å²) < 4.78 is 2.01. The van der Waals surface area contributed by atoms with E-state index in [-0.39, 0.29) is 20.1 Å². The predicted molar refractivity (Wildman–Crippen MR) is 77.0 cm³/mol. The van der Waals surface area contributed by atoms with Crippen LogP contribution in [0.25, 0.3) is 27.5 Å². The molecule has 0 fully saturated rings. The van der Waals surface area contributed by atoms with E-state index >= 15 is 0 Å². The van der Waals surface area contributed by atoms with Crippen molar-refractivity contribution in [2.45, 2.75) is 0 Å². The van der Waals surface area contributed by atoms with Gasteiger partial charge in [-0.2, -0.15) is 0 Å². The zero-order valence-electron chi connectivity index (χ0n) is 10.6. The first-order valence-electron chi connectivity index (χ1n) is 6.24. The van der Waals surface area contributed by atoms with Crippen LogP contribution in [0.5, 0.6) is 0 Å². The van der Waals surface area contributed by atoms with Crippen LogP contribution in [0.3, 0.4) is 0 Å². The molecule has 0 aliphatic carbocycles. The van der Waals surface area contributed by atoms with Gasteiger partial charge in [0.15, 0.2) is 0 Å². The first-order chi connectivity index (χ1) is 9.42.